The molecule has 2 unspecified atom stereocenters. The molecule has 0 aromatic heterocycles. The Balaban J connectivity index is 2.48. The number of carbonyl (C=O) groups excluding carboxylic acids is 1. The molecule has 0 heterocycles. The first-order valence-corrected chi connectivity index (χ1v) is 8.54. The molecular weight excluding hydrogens is 258 g/mol. The molecular formula is C19H31NO. The van der Waals surface area contributed by atoms with Crippen LogP contribution in [0.1, 0.15) is 77.3 Å². The Bertz CT molecular complexity index is 388. The molecule has 1 rings (SSSR count). The highest BCUT2D eigenvalue weighted by Crippen LogP contribution is 2.19. The van der Waals surface area contributed by atoms with Gasteiger partial charge in [0.2, 0.25) is 5.91 Å². The lowest BCUT2D eigenvalue weighted by Crippen LogP contribution is -2.32. The van der Waals surface area contributed by atoms with Crippen molar-refractivity contribution in [2.24, 2.45) is 5.92 Å². The lowest BCUT2D eigenvalue weighted by atomic mass is 9.94. The maximum Gasteiger partial charge on any atom is 0.223 e. The quantitative estimate of drug-likeness (QED) is 0.585. The van der Waals surface area contributed by atoms with Crippen LogP contribution in [0.15, 0.2) is 30.3 Å². The highest BCUT2D eigenvalue weighted by molar-refractivity contribution is 5.79. The molecule has 21 heavy (non-hydrogen) atoms. The molecule has 0 radical (unpaired) electrons. The molecule has 2 nitrogen and oxygen atoms in total. The molecule has 0 aliphatic heterocycles. The van der Waals surface area contributed by atoms with Crippen LogP contribution in [0.4, 0.5) is 0 Å². The smallest absolute Gasteiger partial charge is 0.223 e. The van der Waals surface area contributed by atoms with E-state index in [0.717, 1.165) is 19.3 Å². The van der Waals surface area contributed by atoms with E-state index in [-0.39, 0.29) is 17.9 Å². The van der Waals surface area contributed by atoms with Gasteiger partial charge in [-0.05, 0) is 25.3 Å². The van der Waals surface area contributed by atoms with E-state index in [4.69, 9.17) is 0 Å². The Labute approximate surface area is 130 Å². The van der Waals surface area contributed by atoms with Crippen molar-refractivity contribution < 1.29 is 4.79 Å². The van der Waals surface area contributed by atoms with Crippen molar-refractivity contribution in [3.05, 3.63) is 35.9 Å². The summed E-state index contributed by atoms with van der Waals surface area (Å²) in [6.07, 6.45) is 8.05. The predicted octanol–water partition coefficient (Wildman–Crippen LogP) is 5.25. The molecule has 0 saturated heterocycles. The molecule has 0 saturated carbocycles. The van der Waals surface area contributed by atoms with Gasteiger partial charge in [-0.1, -0.05) is 76.3 Å². The third-order valence-corrected chi connectivity index (χ3v) is 4.07. The van der Waals surface area contributed by atoms with Crippen molar-refractivity contribution in [1.82, 2.24) is 5.32 Å². The second-order valence-corrected chi connectivity index (χ2v) is 5.98. The molecule has 0 aliphatic carbocycles. The number of amides is 1. The topological polar surface area (TPSA) is 29.1 Å². The minimum Gasteiger partial charge on any atom is -0.349 e. The van der Waals surface area contributed by atoms with Crippen LogP contribution in [0, 0.1) is 5.92 Å². The first-order chi connectivity index (χ1) is 10.2. The summed E-state index contributed by atoms with van der Waals surface area (Å²) in [7, 11) is 0. The molecule has 0 bridgehead atoms. The van der Waals surface area contributed by atoms with Crippen molar-refractivity contribution in [3.8, 4) is 0 Å². The van der Waals surface area contributed by atoms with Gasteiger partial charge in [-0.3, -0.25) is 4.79 Å². The maximum atomic E-state index is 12.5. The summed E-state index contributed by atoms with van der Waals surface area (Å²) in [5.41, 5.74) is 1.17. The summed E-state index contributed by atoms with van der Waals surface area (Å²) in [6.45, 7) is 6.44. The summed E-state index contributed by atoms with van der Waals surface area (Å²) < 4.78 is 0. The maximum absolute atomic E-state index is 12.5. The largest absolute Gasteiger partial charge is 0.349 e. The van der Waals surface area contributed by atoms with Crippen LogP contribution in [0.5, 0.6) is 0 Å². The van der Waals surface area contributed by atoms with Crippen LogP contribution in [-0.4, -0.2) is 5.91 Å². The first-order valence-electron chi connectivity index (χ1n) is 8.54. The Kier molecular flexibility index (Phi) is 8.80. The van der Waals surface area contributed by atoms with Crippen molar-refractivity contribution in [2.75, 3.05) is 0 Å². The Hall–Kier alpha value is -1.31. The fourth-order valence-electron chi connectivity index (χ4n) is 2.73. The van der Waals surface area contributed by atoms with E-state index in [0.29, 0.717) is 0 Å². The number of unbranched alkanes of at least 4 members (excludes halogenated alkanes) is 3. The van der Waals surface area contributed by atoms with Crippen LogP contribution >= 0.6 is 0 Å². The fourth-order valence-corrected chi connectivity index (χ4v) is 2.73. The number of hydrogen-bond acceptors (Lipinski definition) is 1. The van der Waals surface area contributed by atoms with E-state index in [1.807, 2.05) is 18.2 Å². The van der Waals surface area contributed by atoms with Crippen LogP contribution < -0.4 is 5.32 Å². The Morgan fingerprint density at radius 2 is 1.71 bits per heavy atom. The number of nitrogens with one attached hydrogen (secondary N) is 1. The van der Waals surface area contributed by atoms with Crippen LogP contribution in [0.2, 0.25) is 0 Å². The van der Waals surface area contributed by atoms with E-state index in [1.165, 1.54) is 31.2 Å². The zero-order valence-corrected chi connectivity index (χ0v) is 13.9. The molecule has 0 spiro atoms. The number of carbonyl (C=O) groups is 1. The van der Waals surface area contributed by atoms with Gasteiger partial charge in [-0.15, -0.1) is 0 Å². The fraction of sp³-hybridized carbons (Fsp3) is 0.632. The molecule has 2 heteroatoms. The van der Waals surface area contributed by atoms with E-state index in [2.05, 4.69) is 38.2 Å². The monoisotopic (exact) mass is 289 g/mol. The van der Waals surface area contributed by atoms with Crippen molar-refractivity contribution >= 4 is 5.91 Å². The average molecular weight is 289 g/mol. The SMILES string of the molecule is CCCCCCC(CCC)C(=O)NC(C)c1ccccc1. The standard InChI is InChI=1S/C19H31NO/c1-4-6-7-9-15-18(12-5-2)19(21)20-16(3)17-13-10-8-11-14-17/h8,10-11,13-14,16,18H,4-7,9,12,15H2,1-3H3,(H,20,21). The molecule has 118 valence electrons. The number of benzene rings is 1. The van der Waals surface area contributed by atoms with Crippen molar-refractivity contribution in [2.45, 2.75) is 71.8 Å². The lowest BCUT2D eigenvalue weighted by molar-refractivity contribution is -0.126. The van der Waals surface area contributed by atoms with E-state index in [9.17, 15) is 4.79 Å². The van der Waals surface area contributed by atoms with Crippen LogP contribution in [-0.2, 0) is 4.79 Å². The summed E-state index contributed by atoms with van der Waals surface area (Å²) in [5, 5.41) is 3.18. The van der Waals surface area contributed by atoms with E-state index < -0.39 is 0 Å². The van der Waals surface area contributed by atoms with Gasteiger partial charge in [0.25, 0.3) is 0 Å². The summed E-state index contributed by atoms with van der Waals surface area (Å²) in [6, 6.07) is 10.3. The normalized spacial score (nSPS) is 13.7. The van der Waals surface area contributed by atoms with Gasteiger partial charge in [0.15, 0.2) is 0 Å². The van der Waals surface area contributed by atoms with Gasteiger partial charge >= 0.3 is 0 Å². The number of rotatable bonds is 10. The van der Waals surface area contributed by atoms with Gasteiger partial charge in [-0.25, -0.2) is 0 Å². The molecule has 0 aliphatic rings. The van der Waals surface area contributed by atoms with Crippen molar-refractivity contribution in [3.63, 3.8) is 0 Å². The van der Waals surface area contributed by atoms with Gasteiger partial charge in [0.1, 0.15) is 0 Å². The predicted molar refractivity (Wildman–Crippen MR) is 90.2 cm³/mol. The first kappa shape index (κ1) is 17.7. The molecule has 1 aromatic carbocycles. The molecule has 1 aromatic rings. The molecule has 1 N–H and O–H groups in total. The minimum absolute atomic E-state index is 0.0914. The minimum atomic E-state index is 0.0914. The summed E-state index contributed by atoms with van der Waals surface area (Å²) in [4.78, 5) is 12.5. The summed E-state index contributed by atoms with van der Waals surface area (Å²) in [5.74, 6) is 0.405. The zero-order chi connectivity index (χ0) is 15.5. The van der Waals surface area contributed by atoms with Gasteiger partial charge in [-0.2, -0.15) is 0 Å². The van der Waals surface area contributed by atoms with Crippen molar-refractivity contribution in [1.29, 1.82) is 0 Å². The van der Waals surface area contributed by atoms with E-state index >= 15 is 0 Å². The second kappa shape index (κ2) is 10.4. The van der Waals surface area contributed by atoms with Gasteiger partial charge in [0, 0.05) is 5.92 Å². The summed E-state index contributed by atoms with van der Waals surface area (Å²) >= 11 is 0. The Morgan fingerprint density at radius 1 is 1.00 bits per heavy atom. The second-order valence-electron chi connectivity index (χ2n) is 5.98. The molecule has 2 atom stereocenters. The van der Waals surface area contributed by atoms with E-state index in [1.54, 1.807) is 0 Å². The van der Waals surface area contributed by atoms with Gasteiger partial charge in [0.05, 0.1) is 6.04 Å². The Morgan fingerprint density at radius 3 is 2.33 bits per heavy atom. The van der Waals surface area contributed by atoms with Crippen LogP contribution in [0.3, 0.4) is 0 Å². The van der Waals surface area contributed by atoms with Gasteiger partial charge < -0.3 is 5.32 Å². The highest BCUT2D eigenvalue weighted by atomic mass is 16.1. The lowest BCUT2D eigenvalue weighted by Gasteiger charge is -2.20. The van der Waals surface area contributed by atoms with Crippen LogP contribution in [0.25, 0.3) is 0 Å². The third-order valence-electron chi connectivity index (χ3n) is 4.07. The zero-order valence-electron chi connectivity index (χ0n) is 13.9. The number of hydrogen-bond donors (Lipinski definition) is 1. The molecule has 1 amide bonds. The highest BCUT2D eigenvalue weighted by Gasteiger charge is 2.19. The molecule has 0 fully saturated rings. The average Bonchev–Trinajstić information content (AvgIpc) is 2.51. The third kappa shape index (κ3) is 6.79.